The Labute approximate surface area is 148 Å². The minimum atomic E-state index is -2.95. The van der Waals surface area contributed by atoms with Crippen LogP contribution in [0.15, 0.2) is 42.9 Å². The topological polar surface area (TPSA) is 84.4 Å². The number of alkyl halides is 2. The zero-order valence-electron chi connectivity index (χ0n) is 13.9. The van der Waals surface area contributed by atoms with Crippen LogP contribution in [0.1, 0.15) is 25.1 Å². The van der Waals surface area contributed by atoms with Crippen LogP contribution in [-0.2, 0) is 4.79 Å². The lowest BCUT2D eigenvalue weighted by Gasteiger charge is -2.31. The molecule has 1 saturated heterocycles. The molecule has 3 amide bonds. The molecular formula is C17H16F2N4O3. The summed E-state index contributed by atoms with van der Waals surface area (Å²) in [7, 11) is 0. The zero-order valence-corrected chi connectivity index (χ0v) is 13.9. The third-order valence-corrected chi connectivity index (χ3v) is 3.68. The number of imide groups is 1. The van der Waals surface area contributed by atoms with E-state index in [0.29, 0.717) is 11.4 Å². The van der Waals surface area contributed by atoms with Gasteiger partial charge in [-0.1, -0.05) is 0 Å². The summed E-state index contributed by atoms with van der Waals surface area (Å²) in [5, 5.41) is 2.72. The molecule has 1 unspecified atom stereocenters. The largest absolute Gasteiger partial charge is 0.487 e. The van der Waals surface area contributed by atoms with Gasteiger partial charge in [0.05, 0.1) is 23.8 Å². The highest BCUT2D eigenvalue weighted by Gasteiger charge is 2.34. The van der Waals surface area contributed by atoms with Gasteiger partial charge in [-0.25, -0.2) is 28.4 Å². The maximum Gasteiger partial charge on any atom is 0.329 e. The number of aromatic nitrogens is 2. The van der Waals surface area contributed by atoms with E-state index in [4.69, 9.17) is 4.74 Å². The molecule has 7 nitrogen and oxygen atoms in total. The van der Waals surface area contributed by atoms with E-state index in [2.05, 4.69) is 15.3 Å². The first-order valence-electron chi connectivity index (χ1n) is 7.83. The fraction of sp³-hybridized carbons (Fsp3) is 0.294. The van der Waals surface area contributed by atoms with Gasteiger partial charge in [0.2, 0.25) is 5.91 Å². The summed E-state index contributed by atoms with van der Waals surface area (Å²) in [6, 6.07) is 6.30. The number of rotatable bonds is 5. The highest BCUT2D eigenvalue weighted by Crippen LogP contribution is 2.27. The molecule has 9 heteroatoms. The van der Waals surface area contributed by atoms with E-state index in [1.54, 1.807) is 6.07 Å². The number of hydrogen-bond acceptors (Lipinski definition) is 5. The lowest BCUT2D eigenvalue weighted by atomic mass is 10.1. The molecule has 1 aliphatic heterocycles. The fourth-order valence-corrected chi connectivity index (χ4v) is 2.49. The second-order valence-electron chi connectivity index (χ2n) is 5.92. The highest BCUT2D eigenvalue weighted by atomic mass is 19.3. The van der Waals surface area contributed by atoms with Crippen LogP contribution >= 0.6 is 0 Å². The molecule has 0 bridgehead atoms. The standard InChI is InChI=1S/C17H16F2N4O3/c1-17(18,19)9-26-12-4-2-11(3-5-12)23-15(24)8-14(22-16(23)25)13-6-7-20-10-21-13/h2-7,10,14H,8-9H2,1H3,(H,22,25). The van der Waals surface area contributed by atoms with Crippen molar-refractivity contribution in [3.8, 4) is 5.75 Å². The number of urea groups is 1. The molecule has 2 heterocycles. The van der Waals surface area contributed by atoms with Crippen molar-refractivity contribution < 1.29 is 23.1 Å². The average molecular weight is 362 g/mol. The maximum atomic E-state index is 12.8. The van der Waals surface area contributed by atoms with Crippen LogP contribution in [0.4, 0.5) is 19.3 Å². The van der Waals surface area contributed by atoms with Gasteiger partial charge < -0.3 is 10.1 Å². The van der Waals surface area contributed by atoms with Crippen LogP contribution in [0.3, 0.4) is 0 Å². The van der Waals surface area contributed by atoms with Gasteiger partial charge in [-0.15, -0.1) is 0 Å². The number of carbonyl (C=O) groups excluding carboxylic acids is 2. The number of hydrogen-bond donors (Lipinski definition) is 1. The smallest absolute Gasteiger partial charge is 0.329 e. The van der Waals surface area contributed by atoms with E-state index in [9.17, 15) is 18.4 Å². The number of nitrogens with zero attached hydrogens (tertiary/aromatic N) is 3. The first-order valence-corrected chi connectivity index (χ1v) is 7.83. The van der Waals surface area contributed by atoms with Gasteiger partial charge in [0.15, 0.2) is 6.61 Å². The van der Waals surface area contributed by atoms with Crippen LogP contribution in [0.25, 0.3) is 0 Å². The Morgan fingerprint density at radius 3 is 2.58 bits per heavy atom. The molecule has 3 rings (SSSR count). The van der Waals surface area contributed by atoms with E-state index in [0.717, 1.165) is 11.8 Å². The van der Waals surface area contributed by atoms with Crippen LogP contribution < -0.4 is 15.0 Å². The van der Waals surface area contributed by atoms with Crippen molar-refractivity contribution in [2.75, 3.05) is 11.5 Å². The van der Waals surface area contributed by atoms with Gasteiger partial charge in [0.1, 0.15) is 12.1 Å². The lowest BCUT2D eigenvalue weighted by molar-refractivity contribution is -0.119. The Hall–Kier alpha value is -3.10. The molecule has 1 N–H and O–H groups in total. The fourth-order valence-electron chi connectivity index (χ4n) is 2.49. The molecule has 1 atom stereocenters. The third kappa shape index (κ3) is 4.11. The number of amides is 3. The number of ether oxygens (including phenoxy) is 1. The Kier molecular flexibility index (Phi) is 4.79. The van der Waals surface area contributed by atoms with Crippen molar-refractivity contribution in [3.63, 3.8) is 0 Å². The molecule has 1 aliphatic rings. The molecule has 0 radical (unpaired) electrons. The lowest BCUT2D eigenvalue weighted by Crippen LogP contribution is -2.51. The van der Waals surface area contributed by atoms with Gasteiger partial charge in [0.25, 0.3) is 5.92 Å². The van der Waals surface area contributed by atoms with E-state index in [-0.39, 0.29) is 12.2 Å². The van der Waals surface area contributed by atoms with Gasteiger partial charge in [-0.2, -0.15) is 0 Å². The van der Waals surface area contributed by atoms with Gasteiger partial charge >= 0.3 is 6.03 Å². The summed E-state index contributed by atoms with van der Waals surface area (Å²) in [6.07, 6.45) is 2.92. The minimum absolute atomic E-state index is 0.0447. The summed E-state index contributed by atoms with van der Waals surface area (Å²) in [6.45, 7) is 0.00225. The van der Waals surface area contributed by atoms with Crippen molar-refractivity contribution in [2.24, 2.45) is 0 Å². The van der Waals surface area contributed by atoms with Crippen molar-refractivity contribution >= 4 is 17.6 Å². The molecule has 0 spiro atoms. The van der Waals surface area contributed by atoms with Gasteiger partial charge in [0, 0.05) is 13.1 Å². The molecule has 1 aromatic carbocycles. The predicted molar refractivity (Wildman–Crippen MR) is 88.0 cm³/mol. The average Bonchev–Trinajstić information content (AvgIpc) is 2.60. The monoisotopic (exact) mass is 362 g/mol. The van der Waals surface area contributed by atoms with Gasteiger partial charge in [-0.05, 0) is 30.3 Å². The van der Waals surface area contributed by atoms with E-state index in [1.165, 1.54) is 36.8 Å². The summed E-state index contributed by atoms with van der Waals surface area (Å²) >= 11 is 0. The number of halogens is 2. The minimum Gasteiger partial charge on any atom is -0.487 e. The maximum absolute atomic E-state index is 12.8. The molecule has 1 aromatic heterocycles. The summed E-state index contributed by atoms with van der Waals surface area (Å²) < 4.78 is 30.6. The van der Waals surface area contributed by atoms with Crippen LogP contribution in [-0.4, -0.2) is 34.4 Å². The van der Waals surface area contributed by atoms with Crippen molar-refractivity contribution in [1.29, 1.82) is 0 Å². The Bertz CT molecular complexity index is 776. The number of nitrogens with one attached hydrogen (secondary N) is 1. The van der Waals surface area contributed by atoms with Crippen LogP contribution in [0.5, 0.6) is 5.75 Å². The van der Waals surface area contributed by atoms with Gasteiger partial charge in [-0.3, -0.25) is 4.79 Å². The number of anilines is 1. The number of benzene rings is 1. The molecule has 0 aliphatic carbocycles. The molecule has 1 fully saturated rings. The SMILES string of the molecule is CC(F)(F)COc1ccc(N2C(=O)CC(c3ccncn3)NC2=O)cc1. The number of carbonyl (C=O) groups is 2. The molecule has 26 heavy (non-hydrogen) atoms. The highest BCUT2D eigenvalue weighted by molar-refractivity contribution is 6.16. The second kappa shape index (κ2) is 7.03. The van der Waals surface area contributed by atoms with E-state index >= 15 is 0 Å². The quantitative estimate of drug-likeness (QED) is 0.884. The summed E-state index contributed by atoms with van der Waals surface area (Å²) in [4.78, 5) is 33.6. The first-order chi connectivity index (χ1) is 12.3. The molecular weight excluding hydrogens is 346 g/mol. The third-order valence-electron chi connectivity index (χ3n) is 3.68. The molecule has 2 aromatic rings. The summed E-state index contributed by atoms with van der Waals surface area (Å²) in [5.41, 5.74) is 0.870. The first kappa shape index (κ1) is 17.7. The Morgan fingerprint density at radius 1 is 1.27 bits per heavy atom. The van der Waals surface area contributed by atoms with Crippen molar-refractivity contribution in [1.82, 2.24) is 15.3 Å². The van der Waals surface area contributed by atoms with Crippen molar-refractivity contribution in [3.05, 3.63) is 48.5 Å². The Balaban J connectivity index is 1.70. The van der Waals surface area contributed by atoms with E-state index in [1.807, 2.05) is 0 Å². The molecule has 136 valence electrons. The normalized spacial score (nSPS) is 17.8. The van der Waals surface area contributed by atoms with Crippen LogP contribution in [0.2, 0.25) is 0 Å². The zero-order chi connectivity index (χ0) is 18.7. The second-order valence-corrected chi connectivity index (χ2v) is 5.92. The Morgan fingerprint density at radius 2 is 2.00 bits per heavy atom. The van der Waals surface area contributed by atoms with E-state index < -0.39 is 30.5 Å². The predicted octanol–water partition coefficient (Wildman–Crippen LogP) is 2.70. The van der Waals surface area contributed by atoms with Crippen molar-refractivity contribution in [2.45, 2.75) is 25.3 Å². The summed E-state index contributed by atoms with van der Waals surface area (Å²) in [5.74, 6) is -3.12. The molecule has 0 saturated carbocycles. The van der Waals surface area contributed by atoms with Crippen LogP contribution in [0, 0.1) is 0 Å².